The van der Waals surface area contributed by atoms with Gasteiger partial charge in [-0.05, 0) is 43.9 Å². The minimum atomic E-state index is 0. The molecular formula is C16H22Cl2N2O. The quantitative estimate of drug-likeness (QED) is 0.902. The molecule has 116 valence electrons. The molecule has 0 aromatic heterocycles. The fourth-order valence-electron chi connectivity index (χ4n) is 3.40. The average molecular weight is 329 g/mol. The lowest BCUT2D eigenvalue weighted by Crippen LogP contribution is -2.42. The highest BCUT2D eigenvalue weighted by Gasteiger charge is 2.34. The van der Waals surface area contributed by atoms with E-state index in [2.05, 4.69) is 16.3 Å². The lowest BCUT2D eigenvalue weighted by atomic mass is 9.96. The van der Waals surface area contributed by atoms with E-state index in [0.717, 1.165) is 55.9 Å². The summed E-state index contributed by atoms with van der Waals surface area (Å²) in [4.78, 5) is 14.8. The van der Waals surface area contributed by atoms with Gasteiger partial charge in [0.2, 0.25) is 5.91 Å². The Morgan fingerprint density at radius 2 is 2.05 bits per heavy atom. The first-order valence-electron chi connectivity index (χ1n) is 7.53. The van der Waals surface area contributed by atoms with Crippen LogP contribution in [0, 0.1) is 5.92 Å². The second kappa shape index (κ2) is 7.48. The smallest absolute Gasteiger partial charge is 0.227 e. The molecule has 1 aromatic rings. The van der Waals surface area contributed by atoms with E-state index in [-0.39, 0.29) is 24.4 Å². The van der Waals surface area contributed by atoms with Crippen LogP contribution in [0.5, 0.6) is 0 Å². The first kappa shape index (κ1) is 16.6. The Hall–Kier alpha value is -0.770. The van der Waals surface area contributed by atoms with E-state index in [9.17, 15) is 4.79 Å². The summed E-state index contributed by atoms with van der Waals surface area (Å²) in [5, 5.41) is 4.11. The van der Waals surface area contributed by atoms with E-state index in [0.29, 0.717) is 5.91 Å². The van der Waals surface area contributed by atoms with Gasteiger partial charge in [-0.15, -0.1) is 12.4 Å². The molecule has 0 saturated carbocycles. The highest BCUT2D eigenvalue weighted by Crippen LogP contribution is 2.36. The molecule has 0 radical (unpaired) electrons. The molecule has 1 unspecified atom stereocenters. The summed E-state index contributed by atoms with van der Waals surface area (Å²) < 4.78 is 0. The van der Waals surface area contributed by atoms with Crippen molar-refractivity contribution in [1.82, 2.24) is 10.2 Å². The average Bonchev–Trinajstić information content (AvgIpc) is 2.97. The van der Waals surface area contributed by atoms with Crippen LogP contribution in [0.25, 0.3) is 0 Å². The maximum absolute atomic E-state index is 12.7. The van der Waals surface area contributed by atoms with Crippen LogP contribution in [0.4, 0.5) is 0 Å². The number of carbonyl (C=O) groups is 1. The van der Waals surface area contributed by atoms with Crippen molar-refractivity contribution in [3.8, 4) is 0 Å². The molecule has 2 atom stereocenters. The van der Waals surface area contributed by atoms with Gasteiger partial charge in [-0.3, -0.25) is 4.79 Å². The number of amides is 1. The predicted molar refractivity (Wildman–Crippen MR) is 88.0 cm³/mol. The number of carbonyl (C=O) groups excluding carboxylic acids is 1. The predicted octanol–water partition coefficient (Wildman–Crippen LogP) is 3.42. The molecule has 21 heavy (non-hydrogen) atoms. The number of rotatable bonds is 2. The van der Waals surface area contributed by atoms with E-state index < -0.39 is 0 Å². The first-order chi connectivity index (χ1) is 9.77. The van der Waals surface area contributed by atoms with Crippen molar-refractivity contribution < 1.29 is 4.79 Å². The molecule has 3 rings (SSSR count). The van der Waals surface area contributed by atoms with Crippen LogP contribution >= 0.6 is 24.0 Å². The number of likely N-dealkylation sites (tertiary alicyclic amines) is 1. The molecule has 0 aliphatic carbocycles. The molecule has 0 bridgehead atoms. The first-order valence-corrected chi connectivity index (χ1v) is 7.91. The third-order valence-electron chi connectivity index (χ3n) is 4.45. The zero-order valence-electron chi connectivity index (χ0n) is 12.1. The van der Waals surface area contributed by atoms with E-state index in [1.54, 1.807) is 0 Å². The van der Waals surface area contributed by atoms with Gasteiger partial charge in [0, 0.05) is 18.1 Å². The highest BCUT2D eigenvalue weighted by molar-refractivity contribution is 6.31. The second-order valence-corrected chi connectivity index (χ2v) is 6.16. The fraction of sp³-hybridized carbons (Fsp3) is 0.562. The Morgan fingerprint density at radius 3 is 2.76 bits per heavy atom. The van der Waals surface area contributed by atoms with Crippen LogP contribution in [0.15, 0.2) is 24.3 Å². The third kappa shape index (κ3) is 3.53. The molecule has 2 saturated heterocycles. The van der Waals surface area contributed by atoms with Crippen LogP contribution in [0.1, 0.15) is 37.3 Å². The fourth-order valence-corrected chi connectivity index (χ4v) is 3.66. The van der Waals surface area contributed by atoms with Crippen molar-refractivity contribution in [2.24, 2.45) is 5.92 Å². The number of nitrogens with zero attached hydrogens (tertiary/aromatic N) is 1. The van der Waals surface area contributed by atoms with Crippen molar-refractivity contribution in [1.29, 1.82) is 0 Å². The van der Waals surface area contributed by atoms with Crippen LogP contribution in [-0.2, 0) is 4.79 Å². The third-order valence-corrected chi connectivity index (χ3v) is 4.79. The number of hydrogen-bond donors (Lipinski definition) is 1. The van der Waals surface area contributed by atoms with E-state index in [1.165, 1.54) is 0 Å². The van der Waals surface area contributed by atoms with E-state index in [4.69, 9.17) is 11.6 Å². The summed E-state index contributed by atoms with van der Waals surface area (Å²) in [6, 6.07) is 8.08. The van der Waals surface area contributed by atoms with Gasteiger partial charge in [0.15, 0.2) is 0 Å². The Kier molecular flexibility index (Phi) is 5.91. The van der Waals surface area contributed by atoms with Crippen LogP contribution < -0.4 is 5.32 Å². The molecule has 1 aromatic carbocycles. The molecule has 3 nitrogen and oxygen atoms in total. The van der Waals surface area contributed by atoms with Gasteiger partial charge in [-0.1, -0.05) is 29.8 Å². The Morgan fingerprint density at radius 1 is 1.24 bits per heavy atom. The molecule has 0 spiro atoms. The topological polar surface area (TPSA) is 32.3 Å². The van der Waals surface area contributed by atoms with E-state index in [1.807, 2.05) is 18.2 Å². The maximum atomic E-state index is 12.7. The lowest BCUT2D eigenvalue weighted by Gasteiger charge is -2.31. The van der Waals surface area contributed by atoms with Crippen molar-refractivity contribution >= 4 is 29.9 Å². The van der Waals surface area contributed by atoms with Gasteiger partial charge < -0.3 is 10.2 Å². The summed E-state index contributed by atoms with van der Waals surface area (Å²) >= 11 is 6.31. The SMILES string of the molecule is Cl.O=C([C@@H]1CCCNC1)N1CCCC1c1ccccc1Cl. The Bertz CT molecular complexity index is 489. The molecule has 1 N–H and O–H groups in total. The summed E-state index contributed by atoms with van der Waals surface area (Å²) in [6.45, 7) is 2.73. The lowest BCUT2D eigenvalue weighted by molar-refractivity contribution is -0.137. The molecule has 1 amide bonds. The molecular weight excluding hydrogens is 307 g/mol. The second-order valence-electron chi connectivity index (χ2n) is 5.75. The van der Waals surface area contributed by atoms with Gasteiger partial charge in [0.1, 0.15) is 0 Å². The zero-order chi connectivity index (χ0) is 13.9. The highest BCUT2D eigenvalue weighted by atomic mass is 35.5. The Balaban J connectivity index is 0.00000161. The molecule has 2 aliphatic rings. The van der Waals surface area contributed by atoms with Crippen molar-refractivity contribution in [2.75, 3.05) is 19.6 Å². The zero-order valence-corrected chi connectivity index (χ0v) is 13.6. The summed E-state index contributed by atoms with van der Waals surface area (Å²) in [5.74, 6) is 0.450. The van der Waals surface area contributed by atoms with Gasteiger partial charge in [-0.25, -0.2) is 0 Å². The van der Waals surface area contributed by atoms with Crippen molar-refractivity contribution in [3.05, 3.63) is 34.9 Å². The normalized spacial score (nSPS) is 25.5. The summed E-state index contributed by atoms with van der Waals surface area (Å²) in [5.41, 5.74) is 1.10. The van der Waals surface area contributed by atoms with Crippen molar-refractivity contribution in [3.63, 3.8) is 0 Å². The molecule has 5 heteroatoms. The largest absolute Gasteiger partial charge is 0.335 e. The number of benzene rings is 1. The van der Waals surface area contributed by atoms with Gasteiger partial charge in [0.25, 0.3) is 0 Å². The molecule has 2 aliphatic heterocycles. The minimum absolute atomic E-state index is 0. The monoisotopic (exact) mass is 328 g/mol. The Labute approximate surface area is 137 Å². The van der Waals surface area contributed by atoms with Crippen LogP contribution in [0.3, 0.4) is 0 Å². The van der Waals surface area contributed by atoms with E-state index >= 15 is 0 Å². The van der Waals surface area contributed by atoms with Crippen molar-refractivity contribution in [2.45, 2.75) is 31.7 Å². The van der Waals surface area contributed by atoms with Crippen LogP contribution in [0.2, 0.25) is 5.02 Å². The maximum Gasteiger partial charge on any atom is 0.227 e. The molecule has 2 fully saturated rings. The number of halogens is 2. The van der Waals surface area contributed by atoms with Crippen LogP contribution in [-0.4, -0.2) is 30.4 Å². The minimum Gasteiger partial charge on any atom is -0.335 e. The summed E-state index contributed by atoms with van der Waals surface area (Å²) in [6.07, 6.45) is 4.20. The van der Waals surface area contributed by atoms with Gasteiger partial charge >= 0.3 is 0 Å². The summed E-state index contributed by atoms with van der Waals surface area (Å²) in [7, 11) is 0. The standard InChI is InChI=1S/C16H21ClN2O.ClH/c17-14-7-2-1-6-13(14)15-8-4-10-19(15)16(20)12-5-3-9-18-11-12;/h1-2,6-7,12,15,18H,3-5,8-11H2;1H/t12-,15?;/m1./s1. The molecule has 2 heterocycles. The number of piperidine rings is 1. The van der Waals surface area contributed by atoms with Gasteiger partial charge in [-0.2, -0.15) is 0 Å². The number of nitrogens with one attached hydrogen (secondary N) is 1. The van der Waals surface area contributed by atoms with Gasteiger partial charge in [0.05, 0.1) is 12.0 Å². The number of hydrogen-bond acceptors (Lipinski definition) is 2.